The first kappa shape index (κ1) is 19.0. The van der Waals surface area contributed by atoms with Gasteiger partial charge in [0.05, 0.1) is 29.5 Å². The number of furan rings is 1. The van der Waals surface area contributed by atoms with Crippen LogP contribution < -0.4 is 10.1 Å². The van der Waals surface area contributed by atoms with Gasteiger partial charge in [-0.15, -0.1) is 0 Å². The zero-order valence-corrected chi connectivity index (χ0v) is 15.5. The molecule has 1 aromatic heterocycles. The summed E-state index contributed by atoms with van der Waals surface area (Å²) in [7, 11) is -2.19. The van der Waals surface area contributed by atoms with Crippen LogP contribution in [0.3, 0.4) is 0 Å². The van der Waals surface area contributed by atoms with Crippen molar-refractivity contribution in [3.05, 3.63) is 41.9 Å². The lowest BCUT2D eigenvalue weighted by molar-refractivity contribution is 0.102. The van der Waals surface area contributed by atoms with E-state index in [1.807, 2.05) is 0 Å². The molecule has 1 aromatic carbocycles. The highest BCUT2D eigenvalue weighted by atomic mass is 32.2. The second-order valence-electron chi connectivity index (χ2n) is 5.30. The summed E-state index contributed by atoms with van der Waals surface area (Å²) in [5, 5.41) is 2.69. The second-order valence-corrected chi connectivity index (χ2v) is 7.23. The van der Waals surface area contributed by atoms with Gasteiger partial charge in [-0.3, -0.25) is 4.79 Å². The predicted molar refractivity (Wildman–Crippen MR) is 94.5 cm³/mol. The standard InChI is InChI=1S/C17H22N2O5S/c1-5-19(6-2)25(21,22)13-7-8-16(23-4)15(11-13)18-17(20)14-9-10-24-12(14)3/h7-11H,5-6H2,1-4H3,(H,18,20). The van der Waals surface area contributed by atoms with Crippen molar-refractivity contribution in [2.75, 3.05) is 25.5 Å². The van der Waals surface area contributed by atoms with Gasteiger partial charge in [0.1, 0.15) is 11.5 Å². The molecule has 0 saturated carbocycles. The van der Waals surface area contributed by atoms with Gasteiger partial charge < -0.3 is 14.5 Å². The largest absolute Gasteiger partial charge is 0.495 e. The van der Waals surface area contributed by atoms with E-state index in [0.717, 1.165) is 0 Å². The highest BCUT2D eigenvalue weighted by molar-refractivity contribution is 7.89. The molecule has 0 bridgehead atoms. The fourth-order valence-corrected chi connectivity index (χ4v) is 3.95. The number of anilines is 1. The Morgan fingerprint density at radius 1 is 1.24 bits per heavy atom. The number of carbonyl (C=O) groups is 1. The molecule has 0 aliphatic carbocycles. The number of benzene rings is 1. The van der Waals surface area contributed by atoms with E-state index in [4.69, 9.17) is 9.15 Å². The lowest BCUT2D eigenvalue weighted by Crippen LogP contribution is -2.30. The summed E-state index contributed by atoms with van der Waals surface area (Å²) in [6.45, 7) is 5.94. The average molecular weight is 366 g/mol. The van der Waals surface area contributed by atoms with Crippen LogP contribution in [0, 0.1) is 6.92 Å². The van der Waals surface area contributed by atoms with E-state index in [1.165, 1.54) is 35.9 Å². The first-order valence-corrected chi connectivity index (χ1v) is 9.32. The predicted octanol–water partition coefficient (Wildman–Crippen LogP) is 2.88. The van der Waals surface area contributed by atoms with Crippen LogP contribution in [-0.2, 0) is 10.0 Å². The van der Waals surface area contributed by atoms with Crippen LogP contribution in [0.1, 0.15) is 30.0 Å². The van der Waals surface area contributed by atoms with E-state index in [2.05, 4.69) is 5.32 Å². The maximum Gasteiger partial charge on any atom is 0.259 e. The van der Waals surface area contributed by atoms with Crippen molar-refractivity contribution in [3.63, 3.8) is 0 Å². The van der Waals surface area contributed by atoms with Gasteiger partial charge in [0.25, 0.3) is 5.91 Å². The van der Waals surface area contributed by atoms with E-state index < -0.39 is 15.9 Å². The van der Waals surface area contributed by atoms with Crippen LogP contribution in [0.2, 0.25) is 0 Å². The molecule has 1 heterocycles. The summed E-state index contributed by atoms with van der Waals surface area (Å²) in [6.07, 6.45) is 1.42. The molecule has 0 unspecified atom stereocenters. The Morgan fingerprint density at radius 2 is 1.92 bits per heavy atom. The Kier molecular flexibility index (Phi) is 5.86. The number of nitrogens with one attached hydrogen (secondary N) is 1. The molecule has 8 heteroatoms. The molecule has 0 fully saturated rings. The molecule has 2 rings (SSSR count). The molecular weight excluding hydrogens is 344 g/mol. The molecule has 136 valence electrons. The zero-order chi connectivity index (χ0) is 18.6. The SMILES string of the molecule is CCN(CC)S(=O)(=O)c1ccc(OC)c(NC(=O)c2ccoc2C)c1. The van der Waals surface area contributed by atoms with E-state index in [1.54, 1.807) is 26.8 Å². The van der Waals surface area contributed by atoms with Crippen molar-refractivity contribution < 1.29 is 22.4 Å². The number of methoxy groups -OCH3 is 1. The van der Waals surface area contributed by atoms with Crippen molar-refractivity contribution in [1.29, 1.82) is 0 Å². The number of hydrogen-bond donors (Lipinski definition) is 1. The van der Waals surface area contributed by atoms with Crippen LogP contribution in [0.4, 0.5) is 5.69 Å². The molecular formula is C17H22N2O5S. The summed E-state index contributed by atoms with van der Waals surface area (Å²) in [5.74, 6) is 0.443. The minimum atomic E-state index is -3.64. The summed E-state index contributed by atoms with van der Waals surface area (Å²) >= 11 is 0. The Labute approximate surface area is 147 Å². The Bertz CT molecular complexity index is 854. The van der Waals surface area contributed by atoms with E-state index in [0.29, 0.717) is 30.2 Å². The molecule has 0 atom stereocenters. The van der Waals surface area contributed by atoms with Gasteiger partial charge in [0.15, 0.2) is 0 Å². The third-order valence-corrected chi connectivity index (χ3v) is 5.91. The molecule has 0 radical (unpaired) electrons. The van der Waals surface area contributed by atoms with Crippen molar-refractivity contribution in [1.82, 2.24) is 4.31 Å². The van der Waals surface area contributed by atoms with Gasteiger partial charge in [-0.25, -0.2) is 8.42 Å². The topological polar surface area (TPSA) is 88.9 Å². The zero-order valence-electron chi connectivity index (χ0n) is 14.7. The lowest BCUT2D eigenvalue weighted by Gasteiger charge is -2.19. The fraction of sp³-hybridized carbons (Fsp3) is 0.353. The van der Waals surface area contributed by atoms with Gasteiger partial charge in [-0.2, -0.15) is 4.31 Å². The van der Waals surface area contributed by atoms with Crippen LogP contribution >= 0.6 is 0 Å². The van der Waals surface area contributed by atoms with Crippen molar-refractivity contribution >= 4 is 21.6 Å². The summed E-state index contributed by atoms with van der Waals surface area (Å²) in [6, 6.07) is 5.94. The monoisotopic (exact) mass is 366 g/mol. The maximum absolute atomic E-state index is 12.7. The van der Waals surface area contributed by atoms with Crippen molar-refractivity contribution in [2.45, 2.75) is 25.7 Å². The Morgan fingerprint density at radius 3 is 2.44 bits per heavy atom. The maximum atomic E-state index is 12.7. The molecule has 0 aliphatic heterocycles. The normalized spacial score (nSPS) is 11.6. The summed E-state index contributed by atoms with van der Waals surface area (Å²) in [5.41, 5.74) is 0.653. The van der Waals surface area contributed by atoms with Crippen molar-refractivity contribution in [3.8, 4) is 5.75 Å². The van der Waals surface area contributed by atoms with E-state index in [-0.39, 0.29) is 10.6 Å². The first-order valence-electron chi connectivity index (χ1n) is 7.88. The third-order valence-electron chi connectivity index (χ3n) is 3.87. The molecule has 0 saturated heterocycles. The molecule has 0 spiro atoms. The quantitative estimate of drug-likeness (QED) is 0.814. The van der Waals surface area contributed by atoms with Crippen molar-refractivity contribution in [2.24, 2.45) is 0 Å². The lowest BCUT2D eigenvalue weighted by atomic mass is 10.2. The minimum Gasteiger partial charge on any atom is -0.495 e. The number of hydrogen-bond acceptors (Lipinski definition) is 5. The number of carbonyl (C=O) groups excluding carboxylic acids is 1. The fourth-order valence-electron chi connectivity index (χ4n) is 2.47. The number of ether oxygens (including phenoxy) is 1. The van der Waals surface area contributed by atoms with Crippen LogP contribution in [0.15, 0.2) is 39.8 Å². The average Bonchev–Trinajstić information content (AvgIpc) is 3.01. The number of amides is 1. The Balaban J connectivity index is 2.41. The Hall–Kier alpha value is -2.32. The highest BCUT2D eigenvalue weighted by Gasteiger charge is 2.23. The second kappa shape index (κ2) is 7.71. The molecule has 2 aromatic rings. The highest BCUT2D eigenvalue weighted by Crippen LogP contribution is 2.29. The van der Waals surface area contributed by atoms with Crippen LogP contribution in [0.5, 0.6) is 5.75 Å². The number of nitrogens with zero attached hydrogens (tertiary/aromatic N) is 1. The van der Waals surface area contributed by atoms with Crippen LogP contribution in [0.25, 0.3) is 0 Å². The summed E-state index contributed by atoms with van der Waals surface area (Å²) < 4.78 is 37.0. The molecule has 0 aliphatic rings. The first-order chi connectivity index (χ1) is 11.8. The van der Waals surface area contributed by atoms with E-state index >= 15 is 0 Å². The van der Waals surface area contributed by atoms with Gasteiger partial charge in [0, 0.05) is 13.1 Å². The van der Waals surface area contributed by atoms with Gasteiger partial charge >= 0.3 is 0 Å². The van der Waals surface area contributed by atoms with Gasteiger partial charge in [-0.05, 0) is 31.2 Å². The number of sulfonamides is 1. The molecule has 1 N–H and O–H groups in total. The molecule has 1 amide bonds. The summed E-state index contributed by atoms with van der Waals surface area (Å²) in [4.78, 5) is 12.5. The number of rotatable bonds is 7. The van der Waals surface area contributed by atoms with Gasteiger partial charge in [0.2, 0.25) is 10.0 Å². The van der Waals surface area contributed by atoms with Gasteiger partial charge in [-0.1, -0.05) is 13.8 Å². The van der Waals surface area contributed by atoms with E-state index in [9.17, 15) is 13.2 Å². The molecule has 7 nitrogen and oxygen atoms in total. The third kappa shape index (κ3) is 3.85. The minimum absolute atomic E-state index is 0.0937. The van der Waals surface area contributed by atoms with Crippen LogP contribution in [-0.4, -0.2) is 38.8 Å². The smallest absolute Gasteiger partial charge is 0.259 e. The molecule has 25 heavy (non-hydrogen) atoms. The number of aryl methyl sites for hydroxylation is 1.